The summed E-state index contributed by atoms with van der Waals surface area (Å²) < 4.78 is 4.15. The number of nitrogen functional groups attached to an aromatic ring is 1. The molecule has 1 aromatic carbocycles. The molecule has 0 radical (unpaired) electrons. The number of carbonyl (C=O) groups excluding carboxylic acids is 2. The summed E-state index contributed by atoms with van der Waals surface area (Å²) >= 11 is 3.36. The van der Waals surface area contributed by atoms with Crippen molar-refractivity contribution in [3.05, 3.63) is 74.5 Å². The number of nitrogens with one attached hydrogen (secondary N) is 1. The standard InChI is InChI=1S/C31H36BrN7O3/c1-17(2)31(42)37-12-10-21(11-13-37)25-14-23(27-29(33)34-16-35-39(25)27)20-6-8-22(9-7-20)36-30(41)24-15-38(18(3)4)19(5)26(32)28(24)40/h6-9,14-18,21H,10-13H2,1-5H3,(H,36,41)(H2,33,34,35). The number of pyridine rings is 1. The zero-order chi connectivity index (χ0) is 30.3. The van der Waals surface area contributed by atoms with Gasteiger partial charge in [-0.15, -0.1) is 0 Å². The Morgan fingerprint density at radius 3 is 2.38 bits per heavy atom. The van der Waals surface area contributed by atoms with E-state index < -0.39 is 5.91 Å². The van der Waals surface area contributed by atoms with E-state index in [1.54, 1.807) is 18.3 Å². The van der Waals surface area contributed by atoms with Crippen LogP contribution in [0.15, 0.2) is 52.1 Å². The van der Waals surface area contributed by atoms with Crippen molar-refractivity contribution in [1.29, 1.82) is 0 Å². The van der Waals surface area contributed by atoms with Gasteiger partial charge in [-0.3, -0.25) is 14.4 Å². The lowest BCUT2D eigenvalue weighted by atomic mass is 9.92. The molecule has 0 atom stereocenters. The number of anilines is 2. The number of benzene rings is 1. The number of nitrogens with two attached hydrogens (primary N) is 1. The lowest BCUT2D eigenvalue weighted by Gasteiger charge is -2.33. The molecule has 5 rings (SSSR count). The second-order valence-corrected chi connectivity index (χ2v) is 12.2. The van der Waals surface area contributed by atoms with Gasteiger partial charge < -0.3 is 20.5 Å². The molecule has 1 aliphatic heterocycles. The number of halogens is 1. The molecule has 4 aromatic rings. The van der Waals surface area contributed by atoms with Gasteiger partial charge in [0.05, 0.1) is 4.47 Å². The van der Waals surface area contributed by atoms with Crippen LogP contribution in [0.3, 0.4) is 0 Å². The van der Waals surface area contributed by atoms with E-state index in [2.05, 4.69) is 37.4 Å². The van der Waals surface area contributed by atoms with Crippen LogP contribution in [0.2, 0.25) is 0 Å². The van der Waals surface area contributed by atoms with Crippen LogP contribution < -0.4 is 16.5 Å². The number of nitrogens with zero attached hydrogens (tertiary/aromatic N) is 5. The summed E-state index contributed by atoms with van der Waals surface area (Å²) in [5.74, 6) is 0.300. The van der Waals surface area contributed by atoms with Gasteiger partial charge in [-0.25, -0.2) is 9.50 Å². The Balaban J connectivity index is 1.41. The molecule has 220 valence electrons. The van der Waals surface area contributed by atoms with E-state index in [1.807, 2.05) is 60.7 Å². The lowest BCUT2D eigenvalue weighted by molar-refractivity contribution is -0.135. The summed E-state index contributed by atoms with van der Waals surface area (Å²) in [6.45, 7) is 11.1. The van der Waals surface area contributed by atoms with E-state index in [9.17, 15) is 14.4 Å². The maximum absolute atomic E-state index is 13.1. The molecule has 1 saturated heterocycles. The number of carbonyl (C=O) groups is 2. The summed E-state index contributed by atoms with van der Waals surface area (Å²) in [5.41, 5.74) is 10.9. The summed E-state index contributed by atoms with van der Waals surface area (Å²) in [7, 11) is 0. The Morgan fingerprint density at radius 1 is 1.10 bits per heavy atom. The fraction of sp³-hybridized carbons (Fsp3) is 0.387. The molecule has 0 saturated carbocycles. The van der Waals surface area contributed by atoms with Gasteiger partial charge in [0.2, 0.25) is 11.3 Å². The third-order valence-electron chi connectivity index (χ3n) is 8.00. The number of piperidine rings is 1. The van der Waals surface area contributed by atoms with Gasteiger partial charge in [0.15, 0.2) is 5.82 Å². The minimum Gasteiger partial charge on any atom is -0.382 e. The first kappa shape index (κ1) is 29.5. The van der Waals surface area contributed by atoms with Crippen LogP contribution in [0.4, 0.5) is 11.5 Å². The molecule has 1 fully saturated rings. The van der Waals surface area contributed by atoms with E-state index in [0.29, 0.717) is 29.1 Å². The fourth-order valence-electron chi connectivity index (χ4n) is 5.68. The molecule has 11 heteroatoms. The van der Waals surface area contributed by atoms with E-state index in [-0.39, 0.29) is 34.8 Å². The Kier molecular flexibility index (Phi) is 8.23. The molecule has 3 aromatic heterocycles. The Labute approximate surface area is 253 Å². The molecule has 4 heterocycles. The zero-order valence-electron chi connectivity index (χ0n) is 24.5. The molecule has 0 unspecified atom stereocenters. The molecular weight excluding hydrogens is 598 g/mol. The Bertz CT molecular complexity index is 1720. The molecule has 0 aliphatic carbocycles. The molecule has 1 aliphatic rings. The van der Waals surface area contributed by atoms with Gasteiger partial charge in [0, 0.05) is 59.8 Å². The van der Waals surface area contributed by atoms with Gasteiger partial charge >= 0.3 is 0 Å². The minimum absolute atomic E-state index is 0.0138. The second kappa shape index (κ2) is 11.7. The third-order valence-corrected chi connectivity index (χ3v) is 8.93. The Morgan fingerprint density at radius 2 is 1.76 bits per heavy atom. The number of rotatable bonds is 6. The molecule has 10 nitrogen and oxygen atoms in total. The predicted molar refractivity (Wildman–Crippen MR) is 168 cm³/mol. The van der Waals surface area contributed by atoms with E-state index >= 15 is 0 Å². The van der Waals surface area contributed by atoms with Crippen molar-refractivity contribution in [2.45, 2.75) is 59.4 Å². The quantitative estimate of drug-likeness (QED) is 0.292. The first-order chi connectivity index (χ1) is 20.0. The van der Waals surface area contributed by atoms with E-state index in [1.165, 1.54) is 6.33 Å². The number of aromatic nitrogens is 4. The smallest absolute Gasteiger partial charge is 0.261 e. The topological polar surface area (TPSA) is 128 Å². The van der Waals surface area contributed by atoms with Crippen LogP contribution in [-0.2, 0) is 4.79 Å². The number of hydrogen-bond acceptors (Lipinski definition) is 6. The minimum atomic E-state index is -0.473. The first-order valence-corrected chi connectivity index (χ1v) is 15.0. The largest absolute Gasteiger partial charge is 0.382 e. The van der Waals surface area contributed by atoms with Crippen LogP contribution in [0.25, 0.3) is 16.6 Å². The second-order valence-electron chi connectivity index (χ2n) is 11.4. The van der Waals surface area contributed by atoms with Crippen LogP contribution in [-0.4, -0.2) is 49.0 Å². The van der Waals surface area contributed by atoms with Crippen molar-refractivity contribution in [3.63, 3.8) is 0 Å². The molecular formula is C31H36BrN7O3. The van der Waals surface area contributed by atoms with Crippen molar-refractivity contribution >= 4 is 44.8 Å². The van der Waals surface area contributed by atoms with Crippen LogP contribution in [0.5, 0.6) is 0 Å². The molecule has 3 N–H and O–H groups in total. The van der Waals surface area contributed by atoms with Gasteiger partial charge in [0.1, 0.15) is 17.4 Å². The SMILES string of the molecule is Cc1c(Br)c(=O)c(C(=O)Nc2ccc(-c3cc(C4CCN(C(=O)C(C)C)CC4)n4ncnc(N)c34)cc2)cn1C(C)C. The highest BCUT2D eigenvalue weighted by Crippen LogP contribution is 2.37. The predicted octanol–water partition coefficient (Wildman–Crippen LogP) is 5.41. The maximum Gasteiger partial charge on any atom is 0.261 e. The van der Waals surface area contributed by atoms with Crippen LogP contribution in [0, 0.1) is 12.8 Å². The van der Waals surface area contributed by atoms with Crippen molar-refractivity contribution in [1.82, 2.24) is 24.1 Å². The van der Waals surface area contributed by atoms with Crippen molar-refractivity contribution in [3.8, 4) is 11.1 Å². The maximum atomic E-state index is 13.1. The van der Waals surface area contributed by atoms with Crippen LogP contribution >= 0.6 is 15.9 Å². The lowest BCUT2D eigenvalue weighted by Crippen LogP contribution is -2.40. The van der Waals surface area contributed by atoms with E-state index in [0.717, 1.165) is 40.9 Å². The van der Waals surface area contributed by atoms with Gasteiger partial charge in [-0.2, -0.15) is 5.10 Å². The summed E-state index contributed by atoms with van der Waals surface area (Å²) in [5, 5.41) is 7.39. The number of hydrogen-bond donors (Lipinski definition) is 2. The van der Waals surface area contributed by atoms with Gasteiger partial charge in [0.25, 0.3) is 5.91 Å². The normalized spacial score (nSPS) is 14.2. The molecule has 2 amide bonds. The fourth-order valence-corrected chi connectivity index (χ4v) is 6.10. The molecule has 42 heavy (non-hydrogen) atoms. The number of amides is 2. The van der Waals surface area contributed by atoms with Crippen LogP contribution in [0.1, 0.15) is 74.2 Å². The molecule has 0 spiro atoms. The zero-order valence-corrected chi connectivity index (χ0v) is 26.1. The number of fused-ring (bicyclic) bond motifs is 1. The van der Waals surface area contributed by atoms with Gasteiger partial charge in [-0.05, 0) is 73.3 Å². The average molecular weight is 635 g/mol. The van der Waals surface area contributed by atoms with Gasteiger partial charge in [-0.1, -0.05) is 26.0 Å². The first-order valence-electron chi connectivity index (χ1n) is 14.2. The van der Waals surface area contributed by atoms with E-state index in [4.69, 9.17) is 5.73 Å². The highest BCUT2D eigenvalue weighted by atomic mass is 79.9. The van der Waals surface area contributed by atoms with Crippen molar-refractivity contribution < 1.29 is 9.59 Å². The number of likely N-dealkylation sites (tertiary alicyclic amines) is 1. The van der Waals surface area contributed by atoms with Crippen molar-refractivity contribution in [2.75, 3.05) is 24.1 Å². The molecule has 0 bridgehead atoms. The summed E-state index contributed by atoms with van der Waals surface area (Å²) in [6.07, 6.45) is 4.75. The van der Waals surface area contributed by atoms with Crippen molar-refractivity contribution in [2.24, 2.45) is 5.92 Å². The Hall–Kier alpha value is -3.99. The summed E-state index contributed by atoms with van der Waals surface area (Å²) in [4.78, 5) is 44.6. The third kappa shape index (κ3) is 5.45. The monoisotopic (exact) mass is 633 g/mol. The average Bonchev–Trinajstić information content (AvgIpc) is 3.37. The summed E-state index contributed by atoms with van der Waals surface area (Å²) in [6, 6.07) is 9.61. The highest BCUT2D eigenvalue weighted by Gasteiger charge is 2.28. The highest BCUT2D eigenvalue weighted by molar-refractivity contribution is 9.10.